The van der Waals surface area contributed by atoms with Crippen LogP contribution in [-0.4, -0.2) is 9.31 Å². The van der Waals surface area contributed by atoms with Gasteiger partial charge in [-0.05, 0) is 12.5 Å². The number of hydrogen-bond donors (Lipinski definition) is 1. The number of unbranched alkanes of at least 4 members (excludes halogenated alkanes) is 10. The van der Waals surface area contributed by atoms with Gasteiger partial charge in [-0.3, -0.25) is 4.79 Å². The quantitative estimate of drug-likeness (QED) is 0.151. The zero-order chi connectivity index (χ0) is 18.3. The number of carbonyl (C=O) groups is 1. The Bertz CT molecular complexity index is 514. The number of thiol groups is 1. The molecule has 0 amide bonds. The Hall–Kier alpha value is -0.320. The van der Waals surface area contributed by atoms with Crippen LogP contribution in [0.15, 0.2) is 29.2 Å². The highest BCUT2D eigenvalue weighted by Gasteiger charge is 2.10. The Balaban J connectivity index is 2.05. The number of benzene rings is 1. The molecule has 1 nitrogen and oxygen atoms in total. The summed E-state index contributed by atoms with van der Waals surface area (Å²) in [6.45, 7) is 2.26. The largest absolute Gasteiger partial charge is 0.287 e. The van der Waals surface area contributed by atoms with Crippen molar-refractivity contribution in [1.29, 1.82) is 0 Å². The first-order chi connectivity index (χ1) is 12.1. The van der Waals surface area contributed by atoms with Gasteiger partial charge in [-0.25, -0.2) is 0 Å². The third-order valence-corrected chi connectivity index (χ3v) is 5.79. The van der Waals surface area contributed by atoms with Crippen molar-refractivity contribution in [2.45, 2.75) is 88.9 Å². The smallest absolute Gasteiger partial charge is 0.193 e. The molecule has 0 atom stereocenters. The van der Waals surface area contributed by atoms with Crippen LogP contribution in [-0.2, 0) is 4.79 Å². The molecule has 0 aliphatic carbocycles. The van der Waals surface area contributed by atoms with Crippen LogP contribution in [0.4, 0.5) is 0 Å². The summed E-state index contributed by atoms with van der Waals surface area (Å²) in [5, 5.41) is 0.230. The fourth-order valence-corrected chi connectivity index (χ4v) is 4.27. The Morgan fingerprint density at radius 1 is 0.920 bits per heavy atom. The van der Waals surface area contributed by atoms with Gasteiger partial charge >= 0.3 is 0 Å². The highest BCUT2D eigenvalue weighted by atomic mass is 32.2. The molecule has 4 heteroatoms. The van der Waals surface area contributed by atoms with E-state index in [2.05, 4.69) is 19.6 Å². The SMILES string of the molecule is CCCCCCCCCCCCCC(=O)Sc1ccccc1C(=S)S. The molecule has 0 unspecified atom stereocenters. The average molecular weight is 397 g/mol. The Kier molecular flexibility index (Phi) is 13.5. The molecule has 0 saturated carbocycles. The summed E-state index contributed by atoms with van der Waals surface area (Å²) in [6.07, 6.45) is 15.0. The maximum atomic E-state index is 12.1. The van der Waals surface area contributed by atoms with Gasteiger partial charge in [0.25, 0.3) is 0 Å². The van der Waals surface area contributed by atoms with Crippen molar-refractivity contribution in [3.05, 3.63) is 29.8 Å². The molecule has 140 valence electrons. The second kappa shape index (κ2) is 14.8. The fourth-order valence-electron chi connectivity index (χ4n) is 2.84. The lowest BCUT2D eigenvalue weighted by atomic mass is 10.1. The van der Waals surface area contributed by atoms with E-state index in [1.807, 2.05) is 24.3 Å². The van der Waals surface area contributed by atoms with Crippen molar-refractivity contribution >= 4 is 45.9 Å². The Labute approximate surface area is 169 Å². The van der Waals surface area contributed by atoms with Gasteiger partial charge in [0.2, 0.25) is 0 Å². The minimum atomic E-state index is 0.230. The van der Waals surface area contributed by atoms with Crippen LogP contribution in [0.2, 0.25) is 0 Å². The second-order valence-corrected chi connectivity index (χ2v) is 8.82. The van der Waals surface area contributed by atoms with Crippen molar-refractivity contribution in [2.75, 3.05) is 0 Å². The van der Waals surface area contributed by atoms with Crippen molar-refractivity contribution in [1.82, 2.24) is 0 Å². The summed E-state index contributed by atoms with van der Waals surface area (Å²) < 4.78 is 0.547. The van der Waals surface area contributed by atoms with Crippen LogP contribution in [0.5, 0.6) is 0 Å². The number of hydrogen-bond acceptors (Lipinski definition) is 3. The van der Waals surface area contributed by atoms with Crippen molar-refractivity contribution in [3.8, 4) is 0 Å². The third kappa shape index (κ3) is 11.1. The van der Waals surface area contributed by atoms with Gasteiger partial charge in [0.15, 0.2) is 5.12 Å². The lowest BCUT2D eigenvalue weighted by Gasteiger charge is -2.06. The molecule has 0 radical (unpaired) electrons. The molecule has 0 heterocycles. The van der Waals surface area contributed by atoms with E-state index in [4.69, 9.17) is 12.2 Å². The number of rotatable bonds is 14. The van der Waals surface area contributed by atoms with E-state index in [0.717, 1.165) is 23.3 Å². The predicted octanol–water partition coefficient (Wildman–Crippen LogP) is 7.61. The van der Waals surface area contributed by atoms with Gasteiger partial charge in [0.1, 0.15) is 0 Å². The molecule has 25 heavy (non-hydrogen) atoms. The van der Waals surface area contributed by atoms with E-state index in [-0.39, 0.29) is 5.12 Å². The van der Waals surface area contributed by atoms with Crippen LogP contribution in [0.1, 0.15) is 89.5 Å². The van der Waals surface area contributed by atoms with E-state index in [1.165, 1.54) is 69.5 Å². The van der Waals surface area contributed by atoms with Gasteiger partial charge in [0.05, 0.1) is 4.20 Å². The van der Waals surface area contributed by atoms with E-state index in [9.17, 15) is 4.79 Å². The molecule has 0 N–H and O–H groups in total. The standard InChI is InChI=1S/C21H32OS3/c1-2-3-4-5-6-7-8-9-10-11-12-17-20(22)25-19-16-14-13-15-18(19)21(23)24/h13-16H,2-12,17H2,1H3,(H,23,24). The molecule has 0 aliphatic rings. The highest BCUT2D eigenvalue weighted by Crippen LogP contribution is 2.26. The molecular formula is C21H32OS3. The minimum Gasteiger partial charge on any atom is -0.287 e. The number of carbonyl (C=O) groups excluding carboxylic acids is 1. The minimum absolute atomic E-state index is 0.230. The molecule has 1 aromatic carbocycles. The first-order valence-corrected chi connectivity index (χ1v) is 11.4. The summed E-state index contributed by atoms with van der Waals surface area (Å²) >= 11 is 10.7. The lowest BCUT2D eigenvalue weighted by molar-refractivity contribution is -0.111. The van der Waals surface area contributed by atoms with E-state index >= 15 is 0 Å². The van der Waals surface area contributed by atoms with Crippen molar-refractivity contribution < 1.29 is 4.79 Å². The zero-order valence-corrected chi connectivity index (χ0v) is 18.0. The van der Waals surface area contributed by atoms with Gasteiger partial charge < -0.3 is 0 Å². The topological polar surface area (TPSA) is 17.1 Å². The fraction of sp³-hybridized carbons (Fsp3) is 0.619. The number of thiocarbonyl (C=S) groups is 1. The summed E-state index contributed by atoms with van der Waals surface area (Å²) in [4.78, 5) is 13.1. The molecular weight excluding hydrogens is 364 g/mol. The Morgan fingerprint density at radius 2 is 1.44 bits per heavy atom. The molecule has 0 aromatic heterocycles. The number of thioether (sulfide) groups is 1. The van der Waals surface area contributed by atoms with E-state index < -0.39 is 0 Å². The molecule has 0 bridgehead atoms. The molecule has 0 saturated heterocycles. The average Bonchev–Trinajstić information content (AvgIpc) is 2.60. The van der Waals surface area contributed by atoms with Gasteiger partial charge in [-0.15, -0.1) is 12.6 Å². The summed E-state index contributed by atoms with van der Waals surface area (Å²) in [5.74, 6) is 0. The maximum Gasteiger partial charge on any atom is 0.193 e. The highest BCUT2D eigenvalue weighted by molar-refractivity contribution is 8.14. The molecule has 1 rings (SSSR count). The van der Waals surface area contributed by atoms with Gasteiger partial charge in [-0.2, -0.15) is 0 Å². The van der Waals surface area contributed by atoms with Crippen molar-refractivity contribution in [3.63, 3.8) is 0 Å². The van der Waals surface area contributed by atoms with Gasteiger partial charge in [0, 0.05) is 16.9 Å². The zero-order valence-electron chi connectivity index (χ0n) is 15.5. The van der Waals surface area contributed by atoms with E-state index in [0.29, 0.717) is 10.6 Å². The lowest BCUT2D eigenvalue weighted by Crippen LogP contribution is -1.96. The second-order valence-electron chi connectivity index (χ2n) is 6.56. The van der Waals surface area contributed by atoms with Crippen LogP contribution < -0.4 is 0 Å². The summed E-state index contributed by atoms with van der Waals surface area (Å²) in [7, 11) is 0. The Morgan fingerprint density at radius 3 is 2.00 bits per heavy atom. The first kappa shape index (κ1) is 22.7. The van der Waals surface area contributed by atoms with Crippen LogP contribution >= 0.6 is 36.6 Å². The molecule has 0 aliphatic heterocycles. The summed E-state index contributed by atoms with van der Waals surface area (Å²) in [6, 6.07) is 7.73. The third-order valence-electron chi connectivity index (χ3n) is 4.33. The summed E-state index contributed by atoms with van der Waals surface area (Å²) in [5.41, 5.74) is 0.887. The molecule has 1 aromatic rings. The normalized spacial score (nSPS) is 10.8. The van der Waals surface area contributed by atoms with Crippen molar-refractivity contribution in [2.24, 2.45) is 0 Å². The van der Waals surface area contributed by atoms with E-state index in [1.54, 1.807) is 0 Å². The van der Waals surface area contributed by atoms with Gasteiger partial charge in [-0.1, -0.05) is 113 Å². The predicted molar refractivity (Wildman–Crippen MR) is 119 cm³/mol. The van der Waals surface area contributed by atoms with Crippen LogP contribution in [0.3, 0.4) is 0 Å². The van der Waals surface area contributed by atoms with Crippen LogP contribution in [0.25, 0.3) is 0 Å². The first-order valence-electron chi connectivity index (χ1n) is 9.68. The van der Waals surface area contributed by atoms with Crippen LogP contribution in [0, 0.1) is 0 Å². The molecule has 0 fully saturated rings. The maximum absolute atomic E-state index is 12.1. The monoisotopic (exact) mass is 396 g/mol. The molecule has 0 spiro atoms.